The number of halogens is 1. The molecule has 0 atom stereocenters. The number of rotatable bonds is 2. The van der Waals surface area contributed by atoms with Crippen LogP contribution < -0.4 is 0 Å². The molecule has 1 aromatic rings. The maximum absolute atomic E-state index is 4.11. The van der Waals surface area contributed by atoms with Gasteiger partial charge in [0.15, 0.2) is 0 Å². The Morgan fingerprint density at radius 1 is 1.42 bits per heavy atom. The minimum Gasteiger partial charge on any atom is -0.0950 e. The summed E-state index contributed by atoms with van der Waals surface area (Å²) >= 11 is 3.46. The van der Waals surface area contributed by atoms with Crippen LogP contribution in [0.2, 0.25) is 0 Å². The van der Waals surface area contributed by atoms with Gasteiger partial charge in [0.2, 0.25) is 0 Å². The van der Waals surface area contributed by atoms with Gasteiger partial charge in [-0.1, -0.05) is 34.6 Å². The van der Waals surface area contributed by atoms with Gasteiger partial charge in [0.05, 0.1) is 0 Å². The lowest BCUT2D eigenvalue weighted by atomic mass is 10.0. The van der Waals surface area contributed by atoms with Crippen LogP contribution in [0.25, 0.3) is 5.57 Å². The molecule has 1 heteroatoms. The second-order valence-corrected chi connectivity index (χ2v) is 4.23. The lowest BCUT2D eigenvalue weighted by Gasteiger charge is -2.03. The van der Waals surface area contributed by atoms with Gasteiger partial charge >= 0.3 is 0 Å². The third kappa shape index (κ3) is 1.61. The third-order valence-corrected chi connectivity index (χ3v) is 2.76. The molecule has 0 bridgehead atoms. The fourth-order valence-electron chi connectivity index (χ4n) is 1.36. The fraction of sp³-hybridized carbons (Fsp3) is 0.273. The quantitative estimate of drug-likeness (QED) is 0.713. The predicted molar refractivity (Wildman–Crippen MR) is 55.9 cm³/mol. The molecule has 0 nitrogen and oxygen atoms in total. The molecule has 0 radical (unpaired) electrons. The van der Waals surface area contributed by atoms with Crippen LogP contribution in [-0.2, 0) is 0 Å². The van der Waals surface area contributed by atoms with Gasteiger partial charge in [0, 0.05) is 4.47 Å². The van der Waals surface area contributed by atoms with Crippen molar-refractivity contribution in [1.29, 1.82) is 0 Å². The van der Waals surface area contributed by atoms with Gasteiger partial charge < -0.3 is 0 Å². The van der Waals surface area contributed by atoms with E-state index in [9.17, 15) is 0 Å². The molecule has 0 aromatic heterocycles. The number of allylic oxidation sites excluding steroid dienone is 1. The summed E-state index contributed by atoms with van der Waals surface area (Å²) in [5.74, 6) is 0.763. The van der Waals surface area contributed by atoms with Crippen LogP contribution in [0.3, 0.4) is 0 Å². The molecule has 0 saturated heterocycles. The third-order valence-electron chi connectivity index (χ3n) is 2.27. The Morgan fingerprint density at radius 3 is 2.75 bits per heavy atom. The van der Waals surface area contributed by atoms with Crippen molar-refractivity contribution in [3.8, 4) is 0 Å². The van der Waals surface area contributed by atoms with Crippen molar-refractivity contribution >= 4 is 21.5 Å². The monoisotopic (exact) mass is 222 g/mol. The molecule has 1 aromatic carbocycles. The lowest BCUT2D eigenvalue weighted by molar-refractivity contribution is 1.15. The molecule has 12 heavy (non-hydrogen) atoms. The van der Waals surface area contributed by atoms with Crippen molar-refractivity contribution in [2.75, 3.05) is 0 Å². The molecule has 0 unspecified atom stereocenters. The van der Waals surface area contributed by atoms with Crippen LogP contribution >= 0.6 is 15.9 Å². The Labute approximate surface area is 81.4 Å². The first-order valence-electron chi connectivity index (χ1n) is 4.22. The first kappa shape index (κ1) is 8.06. The summed E-state index contributed by atoms with van der Waals surface area (Å²) in [6.45, 7) is 4.11. The minimum atomic E-state index is 0.763. The molecular weight excluding hydrogens is 212 g/mol. The molecule has 0 aliphatic heterocycles. The second-order valence-electron chi connectivity index (χ2n) is 3.31. The maximum Gasteiger partial charge on any atom is 0.0181 e. The van der Waals surface area contributed by atoms with E-state index in [-0.39, 0.29) is 0 Å². The van der Waals surface area contributed by atoms with E-state index in [1.807, 2.05) is 6.07 Å². The standard InChI is InChI=1S/C11H11Br/c1-8(9-5-6-9)10-3-2-4-11(12)7-10/h2-4,7,9H,1,5-6H2. The average Bonchev–Trinajstić information content (AvgIpc) is 2.85. The summed E-state index contributed by atoms with van der Waals surface area (Å²) in [5, 5.41) is 0. The lowest BCUT2D eigenvalue weighted by Crippen LogP contribution is -1.83. The molecule has 1 aliphatic carbocycles. The first-order valence-corrected chi connectivity index (χ1v) is 5.01. The van der Waals surface area contributed by atoms with E-state index in [1.165, 1.54) is 24.0 Å². The molecule has 0 spiro atoms. The molecule has 2 rings (SSSR count). The zero-order valence-electron chi connectivity index (χ0n) is 6.89. The molecule has 0 amide bonds. The highest BCUT2D eigenvalue weighted by molar-refractivity contribution is 9.10. The Hall–Kier alpha value is -0.560. The topological polar surface area (TPSA) is 0 Å². The fourth-order valence-corrected chi connectivity index (χ4v) is 1.75. The minimum absolute atomic E-state index is 0.763. The SMILES string of the molecule is C=C(c1cccc(Br)c1)C1CC1. The van der Waals surface area contributed by atoms with Crippen molar-refractivity contribution < 1.29 is 0 Å². The smallest absolute Gasteiger partial charge is 0.0181 e. The number of hydrogen-bond donors (Lipinski definition) is 0. The number of hydrogen-bond acceptors (Lipinski definition) is 0. The van der Waals surface area contributed by atoms with E-state index in [1.54, 1.807) is 0 Å². The summed E-state index contributed by atoms with van der Waals surface area (Å²) < 4.78 is 1.14. The summed E-state index contributed by atoms with van der Waals surface area (Å²) in [6, 6.07) is 8.38. The van der Waals surface area contributed by atoms with E-state index >= 15 is 0 Å². The predicted octanol–water partition coefficient (Wildman–Crippen LogP) is 3.87. The second kappa shape index (κ2) is 3.06. The molecule has 1 aliphatic rings. The van der Waals surface area contributed by atoms with Gasteiger partial charge in [0.1, 0.15) is 0 Å². The number of benzene rings is 1. The summed E-state index contributed by atoms with van der Waals surface area (Å²) in [5.41, 5.74) is 2.59. The highest BCUT2D eigenvalue weighted by Crippen LogP contribution is 2.40. The van der Waals surface area contributed by atoms with Crippen molar-refractivity contribution in [2.24, 2.45) is 5.92 Å². The Balaban J connectivity index is 2.26. The largest absolute Gasteiger partial charge is 0.0950 e. The van der Waals surface area contributed by atoms with Crippen LogP contribution in [0.5, 0.6) is 0 Å². The van der Waals surface area contributed by atoms with Crippen LogP contribution in [0, 0.1) is 5.92 Å². The highest BCUT2D eigenvalue weighted by Gasteiger charge is 2.25. The van der Waals surface area contributed by atoms with Gasteiger partial charge in [-0.15, -0.1) is 0 Å². The summed E-state index contributed by atoms with van der Waals surface area (Å²) in [7, 11) is 0. The zero-order valence-corrected chi connectivity index (χ0v) is 8.47. The Morgan fingerprint density at radius 2 is 2.17 bits per heavy atom. The normalized spacial score (nSPS) is 16.1. The van der Waals surface area contributed by atoms with Crippen LogP contribution in [0.1, 0.15) is 18.4 Å². The van der Waals surface area contributed by atoms with E-state index in [2.05, 4.69) is 40.7 Å². The van der Waals surface area contributed by atoms with Gasteiger partial charge in [-0.05, 0) is 42.0 Å². The van der Waals surface area contributed by atoms with Gasteiger partial charge in [-0.25, -0.2) is 0 Å². The summed E-state index contributed by atoms with van der Waals surface area (Å²) in [6.07, 6.45) is 2.65. The van der Waals surface area contributed by atoms with E-state index in [4.69, 9.17) is 0 Å². The maximum atomic E-state index is 4.11. The molecular formula is C11H11Br. The van der Waals surface area contributed by atoms with Crippen molar-refractivity contribution in [2.45, 2.75) is 12.8 Å². The van der Waals surface area contributed by atoms with Crippen molar-refractivity contribution in [3.63, 3.8) is 0 Å². The average molecular weight is 223 g/mol. The highest BCUT2D eigenvalue weighted by atomic mass is 79.9. The Kier molecular flexibility index (Phi) is 2.05. The van der Waals surface area contributed by atoms with Gasteiger partial charge in [-0.3, -0.25) is 0 Å². The van der Waals surface area contributed by atoms with Crippen LogP contribution in [0.4, 0.5) is 0 Å². The molecule has 1 saturated carbocycles. The zero-order chi connectivity index (χ0) is 8.55. The van der Waals surface area contributed by atoms with Gasteiger partial charge in [-0.2, -0.15) is 0 Å². The Bertz CT molecular complexity index is 311. The van der Waals surface area contributed by atoms with Gasteiger partial charge in [0.25, 0.3) is 0 Å². The van der Waals surface area contributed by atoms with Crippen molar-refractivity contribution in [3.05, 3.63) is 40.9 Å². The molecule has 62 valence electrons. The molecule has 1 fully saturated rings. The van der Waals surface area contributed by atoms with Crippen LogP contribution in [-0.4, -0.2) is 0 Å². The van der Waals surface area contributed by atoms with Crippen LogP contribution in [0.15, 0.2) is 35.3 Å². The van der Waals surface area contributed by atoms with E-state index in [0.717, 1.165) is 10.4 Å². The van der Waals surface area contributed by atoms with Crippen molar-refractivity contribution in [1.82, 2.24) is 0 Å². The molecule has 0 N–H and O–H groups in total. The van der Waals surface area contributed by atoms with E-state index < -0.39 is 0 Å². The molecule has 0 heterocycles. The van der Waals surface area contributed by atoms with E-state index in [0.29, 0.717) is 0 Å². The first-order chi connectivity index (χ1) is 5.77. The summed E-state index contributed by atoms with van der Waals surface area (Å²) in [4.78, 5) is 0.